The lowest BCUT2D eigenvalue weighted by atomic mass is 10.1. The molecular weight excluding hydrogens is 292 g/mol. The summed E-state index contributed by atoms with van der Waals surface area (Å²) >= 11 is 0. The van der Waals surface area contributed by atoms with Crippen molar-refractivity contribution in [2.75, 3.05) is 25.0 Å². The average molecular weight is 314 g/mol. The number of ether oxygens (including phenoxy) is 1. The van der Waals surface area contributed by atoms with E-state index in [1.807, 2.05) is 38.2 Å². The second-order valence-electron chi connectivity index (χ2n) is 5.85. The van der Waals surface area contributed by atoms with Gasteiger partial charge in [-0.3, -0.25) is 10.00 Å². The Balaban J connectivity index is 1.58. The summed E-state index contributed by atoms with van der Waals surface area (Å²) in [4.78, 5) is 14.2. The van der Waals surface area contributed by atoms with Crippen molar-refractivity contribution in [3.05, 3.63) is 47.7 Å². The molecule has 1 N–H and O–H groups in total. The summed E-state index contributed by atoms with van der Waals surface area (Å²) in [5, 5.41) is 7.12. The molecule has 6 heteroatoms. The second kappa shape index (κ2) is 6.83. The highest BCUT2D eigenvalue weighted by Gasteiger charge is 2.24. The van der Waals surface area contributed by atoms with Gasteiger partial charge in [0.1, 0.15) is 0 Å². The number of aryl methyl sites for hydroxylation is 2. The predicted molar refractivity (Wildman–Crippen MR) is 88.4 cm³/mol. The summed E-state index contributed by atoms with van der Waals surface area (Å²) in [6.45, 7) is 3.70. The Labute approximate surface area is 136 Å². The van der Waals surface area contributed by atoms with Crippen LogP contribution < -0.4 is 5.32 Å². The van der Waals surface area contributed by atoms with Gasteiger partial charge in [0.15, 0.2) is 5.82 Å². The van der Waals surface area contributed by atoms with Gasteiger partial charge in [0, 0.05) is 38.3 Å². The molecule has 1 aromatic heterocycles. The van der Waals surface area contributed by atoms with Crippen LogP contribution in [0, 0.1) is 6.92 Å². The van der Waals surface area contributed by atoms with Crippen molar-refractivity contribution in [3.8, 4) is 0 Å². The van der Waals surface area contributed by atoms with Crippen LogP contribution in [-0.4, -0.2) is 46.5 Å². The molecule has 1 aliphatic heterocycles. The van der Waals surface area contributed by atoms with Gasteiger partial charge in [-0.1, -0.05) is 30.3 Å². The molecule has 3 rings (SSSR count). The normalized spacial score (nSPS) is 18.0. The number of carbonyl (C=O) groups is 1. The zero-order chi connectivity index (χ0) is 16.2. The van der Waals surface area contributed by atoms with Crippen LogP contribution >= 0.6 is 0 Å². The Bertz CT molecular complexity index is 649. The average Bonchev–Trinajstić information content (AvgIpc) is 2.86. The van der Waals surface area contributed by atoms with Gasteiger partial charge >= 0.3 is 6.03 Å². The number of nitrogens with one attached hydrogen (secondary N) is 1. The van der Waals surface area contributed by atoms with E-state index >= 15 is 0 Å². The lowest BCUT2D eigenvalue weighted by Crippen LogP contribution is -2.48. The standard InChI is InChI=1S/C17H22N4O2/c1-13-10-16(19-20(13)2)18-17(22)21-8-9-23-15(12-21)11-14-6-4-3-5-7-14/h3-7,10,15H,8-9,11-12H2,1-2H3,(H,18,19,22). The Morgan fingerprint density at radius 3 is 2.87 bits per heavy atom. The number of urea groups is 1. The Morgan fingerprint density at radius 2 is 2.17 bits per heavy atom. The smallest absolute Gasteiger partial charge is 0.323 e. The molecule has 23 heavy (non-hydrogen) atoms. The molecule has 1 unspecified atom stereocenters. The number of aromatic nitrogens is 2. The van der Waals surface area contributed by atoms with Crippen LogP contribution in [0.25, 0.3) is 0 Å². The van der Waals surface area contributed by atoms with E-state index in [1.165, 1.54) is 5.56 Å². The molecule has 1 saturated heterocycles. The van der Waals surface area contributed by atoms with E-state index in [4.69, 9.17) is 4.74 Å². The van der Waals surface area contributed by atoms with Crippen LogP contribution in [0.15, 0.2) is 36.4 Å². The van der Waals surface area contributed by atoms with E-state index in [-0.39, 0.29) is 12.1 Å². The van der Waals surface area contributed by atoms with Crippen LogP contribution in [-0.2, 0) is 18.2 Å². The molecule has 1 fully saturated rings. The summed E-state index contributed by atoms with van der Waals surface area (Å²) in [5.74, 6) is 0.584. The highest BCUT2D eigenvalue weighted by atomic mass is 16.5. The van der Waals surface area contributed by atoms with Gasteiger partial charge in [-0.15, -0.1) is 0 Å². The van der Waals surface area contributed by atoms with Crippen molar-refractivity contribution >= 4 is 11.8 Å². The fourth-order valence-corrected chi connectivity index (χ4v) is 2.71. The summed E-state index contributed by atoms with van der Waals surface area (Å²) in [7, 11) is 1.86. The molecule has 0 bridgehead atoms. The first-order valence-corrected chi connectivity index (χ1v) is 7.84. The number of anilines is 1. The van der Waals surface area contributed by atoms with Gasteiger partial charge in [0.2, 0.25) is 0 Å². The minimum absolute atomic E-state index is 0.0300. The number of amides is 2. The summed E-state index contributed by atoms with van der Waals surface area (Å²) in [5.41, 5.74) is 2.23. The Hall–Kier alpha value is -2.34. The van der Waals surface area contributed by atoms with Gasteiger partial charge in [-0.05, 0) is 12.5 Å². The lowest BCUT2D eigenvalue weighted by molar-refractivity contribution is -0.0113. The van der Waals surface area contributed by atoms with Crippen molar-refractivity contribution in [1.82, 2.24) is 14.7 Å². The monoisotopic (exact) mass is 314 g/mol. The van der Waals surface area contributed by atoms with Crippen LogP contribution in [0.1, 0.15) is 11.3 Å². The first kappa shape index (κ1) is 15.6. The zero-order valence-corrected chi connectivity index (χ0v) is 13.5. The fraction of sp³-hybridized carbons (Fsp3) is 0.412. The van der Waals surface area contributed by atoms with Crippen LogP contribution in [0.3, 0.4) is 0 Å². The molecular formula is C17H22N4O2. The first-order chi connectivity index (χ1) is 11.1. The molecule has 2 aromatic rings. The first-order valence-electron chi connectivity index (χ1n) is 7.84. The quantitative estimate of drug-likeness (QED) is 0.945. The van der Waals surface area contributed by atoms with Gasteiger partial charge in [0.25, 0.3) is 0 Å². The number of rotatable bonds is 3. The zero-order valence-electron chi connectivity index (χ0n) is 13.5. The fourth-order valence-electron chi connectivity index (χ4n) is 2.71. The number of benzene rings is 1. The third-order valence-corrected chi connectivity index (χ3v) is 4.08. The van der Waals surface area contributed by atoms with Crippen molar-refractivity contribution < 1.29 is 9.53 Å². The van der Waals surface area contributed by atoms with Gasteiger partial charge in [-0.25, -0.2) is 4.79 Å². The molecule has 2 heterocycles. The molecule has 1 aromatic carbocycles. The maximum Gasteiger partial charge on any atom is 0.323 e. The van der Waals surface area contributed by atoms with Crippen molar-refractivity contribution in [2.24, 2.45) is 7.05 Å². The minimum atomic E-state index is -0.121. The molecule has 1 atom stereocenters. The van der Waals surface area contributed by atoms with E-state index < -0.39 is 0 Å². The van der Waals surface area contributed by atoms with Gasteiger partial charge in [-0.2, -0.15) is 5.10 Å². The second-order valence-corrected chi connectivity index (χ2v) is 5.85. The van der Waals surface area contributed by atoms with E-state index in [0.29, 0.717) is 25.5 Å². The lowest BCUT2D eigenvalue weighted by Gasteiger charge is -2.32. The maximum absolute atomic E-state index is 12.4. The summed E-state index contributed by atoms with van der Waals surface area (Å²) < 4.78 is 7.54. The van der Waals surface area contributed by atoms with E-state index in [0.717, 1.165) is 12.1 Å². The highest BCUT2D eigenvalue weighted by Crippen LogP contribution is 2.14. The van der Waals surface area contributed by atoms with Crippen molar-refractivity contribution in [2.45, 2.75) is 19.4 Å². The molecule has 0 saturated carbocycles. The number of hydrogen-bond acceptors (Lipinski definition) is 3. The highest BCUT2D eigenvalue weighted by molar-refractivity contribution is 5.88. The van der Waals surface area contributed by atoms with Crippen molar-refractivity contribution in [3.63, 3.8) is 0 Å². The van der Waals surface area contributed by atoms with E-state index in [1.54, 1.807) is 9.58 Å². The number of morpholine rings is 1. The molecule has 0 spiro atoms. The minimum Gasteiger partial charge on any atom is -0.374 e. The molecule has 1 aliphatic rings. The third-order valence-electron chi connectivity index (χ3n) is 4.08. The molecule has 2 amide bonds. The van der Waals surface area contributed by atoms with Crippen LogP contribution in [0.4, 0.5) is 10.6 Å². The van der Waals surface area contributed by atoms with Crippen LogP contribution in [0.5, 0.6) is 0 Å². The summed E-state index contributed by atoms with van der Waals surface area (Å²) in [6, 6.07) is 11.9. The van der Waals surface area contributed by atoms with E-state index in [9.17, 15) is 4.79 Å². The number of nitrogens with zero attached hydrogens (tertiary/aromatic N) is 3. The predicted octanol–water partition coefficient (Wildman–Crippen LogP) is 2.20. The Morgan fingerprint density at radius 1 is 1.39 bits per heavy atom. The topological polar surface area (TPSA) is 59.4 Å². The summed E-state index contributed by atoms with van der Waals surface area (Å²) in [6.07, 6.45) is 0.843. The van der Waals surface area contributed by atoms with Crippen molar-refractivity contribution in [1.29, 1.82) is 0 Å². The van der Waals surface area contributed by atoms with Crippen LogP contribution in [0.2, 0.25) is 0 Å². The maximum atomic E-state index is 12.4. The number of hydrogen-bond donors (Lipinski definition) is 1. The third kappa shape index (κ3) is 3.90. The largest absolute Gasteiger partial charge is 0.374 e. The molecule has 6 nitrogen and oxygen atoms in total. The number of carbonyl (C=O) groups excluding carboxylic acids is 1. The van der Waals surface area contributed by atoms with Gasteiger partial charge in [0.05, 0.1) is 12.7 Å². The molecule has 0 radical (unpaired) electrons. The molecule has 122 valence electrons. The molecule has 0 aliphatic carbocycles. The van der Waals surface area contributed by atoms with Gasteiger partial charge < -0.3 is 9.64 Å². The Kier molecular flexibility index (Phi) is 4.62. The van der Waals surface area contributed by atoms with E-state index in [2.05, 4.69) is 22.5 Å². The SMILES string of the molecule is Cc1cc(NC(=O)N2CCOC(Cc3ccccc3)C2)nn1C.